The third-order valence-corrected chi connectivity index (χ3v) is 3.90. The molecule has 3 nitrogen and oxygen atoms in total. The number of anilines is 1. The molecule has 0 aliphatic carbocycles. The van der Waals surface area contributed by atoms with Gasteiger partial charge in [-0.3, -0.25) is 0 Å². The molecule has 1 heterocycles. The molecule has 0 fully saturated rings. The summed E-state index contributed by atoms with van der Waals surface area (Å²) in [6.45, 7) is 1.91. The summed E-state index contributed by atoms with van der Waals surface area (Å²) in [5, 5.41) is 0. The van der Waals surface area contributed by atoms with Gasteiger partial charge in [-0.25, -0.2) is 4.98 Å². The van der Waals surface area contributed by atoms with Crippen LogP contribution in [0.15, 0.2) is 39.4 Å². The normalized spacial score (nSPS) is 10.3. The number of halogens is 2. The van der Waals surface area contributed by atoms with Gasteiger partial charge in [-0.1, -0.05) is 12.1 Å². The number of pyridine rings is 1. The van der Waals surface area contributed by atoms with Crippen LogP contribution in [0.4, 0.5) is 5.69 Å². The molecule has 17 heavy (non-hydrogen) atoms. The first-order valence-electron chi connectivity index (χ1n) is 4.92. The highest BCUT2D eigenvalue weighted by atomic mass is 79.9. The third kappa shape index (κ3) is 2.61. The number of hydrogen-bond donors (Lipinski definition) is 1. The van der Waals surface area contributed by atoms with E-state index in [1.54, 1.807) is 6.20 Å². The Morgan fingerprint density at radius 2 is 1.94 bits per heavy atom. The molecule has 0 radical (unpaired) electrons. The molecule has 2 aromatic rings. The first-order chi connectivity index (χ1) is 8.09. The minimum Gasteiger partial charge on any atom is -0.437 e. The average Bonchev–Trinajstić information content (AvgIpc) is 2.32. The van der Waals surface area contributed by atoms with Crippen molar-refractivity contribution in [3.05, 3.63) is 45.0 Å². The Bertz CT molecular complexity index is 558. The van der Waals surface area contributed by atoms with Crippen molar-refractivity contribution in [1.82, 2.24) is 4.98 Å². The van der Waals surface area contributed by atoms with Crippen molar-refractivity contribution in [2.75, 3.05) is 5.73 Å². The fourth-order valence-corrected chi connectivity index (χ4v) is 2.05. The number of benzene rings is 1. The second-order valence-corrected chi connectivity index (χ2v) is 5.14. The molecule has 1 aromatic carbocycles. The lowest BCUT2D eigenvalue weighted by Gasteiger charge is -2.10. The summed E-state index contributed by atoms with van der Waals surface area (Å²) in [4.78, 5) is 4.16. The number of para-hydroxylation sites is 1. The van der Waals surface area contributed by atoms with Crippen LogP contribution >= 0.6 is 31.9 Å². The Morgan fingerprint density at radius 3 is 2.65 bits per heavy atom. The Kier molecular flexibility index (Phi) is 3.69. The minimum absolute atomic E-state index is 0.503. The van der Waals surface area contributed by atoms with E-state index in [1.165, 1.54) is 0 Å². The highest BCUT2D eigenvalue weighted by Gasteiger charge is 2.10. The van der Waals surface area contributed by atoms with Crippen LogP contribution < -0.4 is 10.5 Å². The van der Waals surface area contributed by atoms with Crippen LogP contribution in [0.25, 0.3) is 0 Å². The monoisotopic (exact) mass is 356 g/mol. The summed E-state index contributed by atoms with van der Waals surface area (Å²) in [7, 11) is 0. The number of nitrogen functional groups attached to an aromatic ring is 1. The number of nitrogens with zero attached hydrogens (tertiary/aromatic N) is 1. The quantitative estimate of drug-likeness (QED) is 0.872. The molecule has 1 aromatic heterocycles. The zero-order chi connectivity index (χ0) is 12.4. The van der Waals surface area contributed by atoms with Gasteiger partial charge in [0, 0.05) is 0 Å². The van der Waals surface area contributed by atoms with Gasteiger partial charge in [-0.15, -0.1) is 0 Å². The molecule has 88 valence electrons. The van der Waals surface area contributed by atoms with E-state index >= 15 is 0 Å². The van der Waals surface area contributed by atoms with E-state index in [9.17, 15) is 0 Å². The molecular weight excluding hydrogens is 348 g/mol. The second-order valence-electron chi connectivity index (χ2n) is 3.49. The van der Waals surface area contributed by atoms with E-state index in [0.29, 0.717) is 17.3 Å². The van der Waals surface area contributed by atoms with E-state index in [4.69, 9.17) is 10.5 Å². The van der Waals surface area contributed by atoms with Gasteiger partial charge in [0.2, 0.25) is 5.88 Å². The lowest BCUT2D eigenvalue weighted by molar-refractivity contribution is 0.456. The number of ether oxygens (including phenoxy) is 1. The van der Waals surface area contributed by atoms with Crippen LogP contribution in [0.2, 0.25) is 0 Å². The maximum Gasteiger partial charge on any atom is 0.234 e. The third-order valence-electron chi connectivity index (χ3n) is 2.31. The van der Waals surface area contributed by atoms with E-state index in [2.05, 4.69) is 36.8 Å². The van der Waals surface area contributed by atoms with Crippen LogP contribution in [0.3, 0.4) is 0 Å². The highest BCUT2D eigenvalue weighted by Crippen LogP contribution is 2.35. The molecule has 5 heteroatoms. The molecule has 0 saturated carbocycles. The largest absolute Gasteiger partial charge is 0.437 e. The molecule has 0 aliphatic rings. The Morgan fingerprint density at radius 1 is 1.24 bits per heavy atom. The number of rotatable bonds is 2. The number of nitrogens with two attached hydrogens (primary N) is 1. The SMILES string of the molecule is Cc1c(N)cnc(Oc2ccccc2Br)c1Br. The molecule has 0 unspecified atom stereocenters. The molecule has 0 saturated heterocycles. The second kappa shape index (κ2) is 5.06. The van der Waals surface area contributed by atoms with Crippen molar-refractivity contribution in [3.63, 3.8) is 0 Å². The zero-order valence-electron chi connectivity index (χ0n) is 9.08. The van der Waals surface area contributed by atoms with Crippen LogP contribution in [0.5, 0.6) is 11.6 Å². The summed E-state index contributed by atoms with van der Waals surface area (Å²) in [5.41, 5.74) is 7.31. The topological polar surface area (TPSA) is 48.1 Å². The van der Waals surface area contributed by atoms with Crippen molar-refractivity contribution >= 4 is 37.5 Å². The molecule has 0 spiro atoms. The fourth-order valence-electron chi connectivity index (χ4n) is 1.27. The molecular formula is C12H10Br2N2O. The van der Waals surface area contributed by atoms with Gasteiger partial charge in [0.05, 0.1) is 20.8 Å². The number of hydrogen-bond acceptors (Lipinski definition) is 3. The summed E-state index contributed by atoms with van der Waals surface area (Å²) < 4.78 is 7.36. The van der Waals surface area contributed by atoms with Crippen LogP contribution in [-0.2, 0) is 0 Å². The molecule has 0 atom stereocenters. The number of aromatic nitrogens is 1. The van der Waals surface area contributed by atoms with Gasteiger partial charge in [-0.05, 0) is 56.5 Å². The first kappa shape index (κ1) is 12.4. The van der Waals surface area contributed by atoms with Gasteiger partial charge in [-0.2, -0.15) is 0 Å². The highest BCUT2D eigenvalue weighted by molar-refractivity contribution is 9.11. The van der Waals surface area contributed by atoms with Crippen molar-refractivity contribution in [2.45, 2.75) is 6.92 Å². The summed E-state index contributed by atoms with van der Waals surface area (Å²) in [6, 6.07) is 7.60. The molecule has 0 amide bonds. The first-order valence-corrected chi connectivity index (χ1v) is 6.51. The predicted molar refractivity (Wildman–Crippen MR) is 75.3 cm³/mol. The Hall–Kier alpha value is -1.07. The zero-order valence-corrected chi connectivity index (χ0v) is 12.2. The Labute approximate surface area is 116 Å². The van der Waals surface area contributed by atoms with Crippen molar-refractivity contribution in [2.24, 2.45) is 0 Å². The van der Waals surface area contributed by atoms with E-state index in [-0.39, 0.29) is 0 Å². The lowest BCUT2D eigenvalue weighted by Crippen LogP contribution is -1.96. The molecule has 0 bridgehead atoms. The maximum atomic E-state index is 5.76. The van der Waals surface area contributed by atoms with Gasteiger partial charge in [0.25, 0.3) is 0 Å². The molecule has 2 rings (SSSR count). The molecule has 2 N–H and O–H groups in total. The van der Waals surface area contributed by atoms with Crippen LogP contribution in [0, 0.1) is 6.92 Å². The van der Waals surface area contributed by atoms with Gasteiger partial charge < -0.3 is 10.5 Å². The van der Waals surface area contributed by atoms with Crippen LogP contribution in [0.1, 0.15) is 5.56 Å². The maximum absolute atomic E-state index is 5.76. The van der Waals surface area contributed by atoms with Gasteiger partial charge >= 0.3 is 0 Å². The van der Waals surface area contributed by atoms with Gasteiger partial charge in [0.1, 0.15) is 5.75 Å². The van der Waals surface area contributed by atoms with Gasteiger partial charge in [0.15, 0.2) is 0 Å². The van der Waals surface area contributed by atoms with E-state index in [0.717, 1.165) is 14.5 Å². The summed E-state index contributed by atoms with van der Waals surface area (Å²) in [5.74, 6) is 1.22. The smallest absolute Gasteiger partial charge is 0.234 e. The van der Waals surface area contributed by atoms with E-state index < -0.39 is 0 Å². The standard InChI is InChI=1S/C12H10Br2N2O/c1-7-9(15)6-16-12(11(7)14)17-10-5-3-2-4-8(10)13/h2-6H,15H2,1H3. The predicted octanol–water partition coefficient (Wildman–Crippen LogP) is 4.29. The van der Waals surface area contributed by atoms with Crippen molar-refractivity contribution < 1.29 is 4.74 Å². The van der Waals surface area contributed by atoms with E-state index in [1.807, 2.05) is 31.2 Å². The van der Waals surface area contributed by atoms with Crippen molar-refractivity contribution in [1.29, 1.82) is 0 Å². The fraction of sp³-hybridized carbons (Fsp3) is 0.0833. The summed E-state index contributed by atoms with van der Waals surface area (Å²) >= 11 is 6.85. The minimum atomic E-state index is 0.503. The Balaban J connectivity index is 2.38. The lowest BCUT2D eigenvalue weighted by atomic mass is 10.2. The van der Waals surface area contributed by atoms with Crippen molar-refractivity contribution in [3.8, 4) is 11.6 Å². The molecule has 0 aliphatic heterocycles. The van der Waals surface area contributed by atoms with Crippen LogP contribution in [-0.4, -0.2) is 4.98 Å². The summed E-state index contributed by atoms with van der Waals surface area (Å²) in [6.07, 6.45) is 1.59. The average molecular weight is 358 g/mol.